The summed E-state index contributed by atoms with van der Waals surface area (Å²) in [7, 11) is 0. The number of amides is 2. The molecule has 2 aromatic rings. The van der Waals surface area contributed by atoms with E-state index in [9.17, 15) is 14.7 Å². The molecule has 3 aliphatic carbocycles. The lowest BCUT2D eigenvalue weighted by atomic mass is 9.75. The molecule has 7 atom stereocenters. The van der Waals surface area contributed by atoms with E-state index in [4.69, 9.17) is 4.37 Å². The molecule has 5 unspecified atom stereocenters. The maximum Gasteiger partial charge on any atom is 0.233 e. The highest BCUT2D eigenvalue weighted by Crippen LogP contribution is 2.58. The lowest BCUT2D eigenvalue weighted by molar-refractivity contribution is -0.142. The smallest absolute Gasteiger partial charge is 0.233 e. The minimum absolute atomic E-state index is 0.0778. The molecule has 2 amide bonds. The first-order chi connectivity index (χ1) is 18.1. The molecule has 5 fully saturated rings. The van der Waals surface area contributed by atoms with Crippen LogP contribution in [0.3, 0.4) is 0 Å². The molecule has 37 heavy (non-hydrogen) atoms. The van der Waals surface area contributed by atoms with Crippen LogP contribution in [-0.2, 0) is 9.59 Å². The van der Waals surface area contributed by atoms with Crippen molar-refractivity contribution >= 4 is 39.3 Å². The summed E-state index contributed by atoms with van der Waals surface area (Å²) in [5.74, 6) is 2.75. The highest BCUT2D eigenvalue weighted by Gasteiger charge is 2.63. The van der Waals surface area contributed by atoms with E-state index in [0.717, 1.165) is 57.8 Å². The van der Waals surface area contributed by atoms with Crippen molar-refractivity contribution < 1.29 is 14.7 Å². The number of fused-ring (bicyclic) bond motifs is 6. The molecule has 8 heteroatoms. The zero-order chi connectivity index (χ0) is 25.1. The van der Waals surface area contributed by atoms with Crippen LogP contribution in [0.15, 0.2) is 24.3 Å². The van der Waals surface area contributed by atoms with E-state index < -0.39 is 0 Å². The summed E-state index contributed by atoms with van der Waals surface area (Å²) in [4.78, 5) is 33.6. The second-order valence-corrected chi connectivity index (χ2v) is 13.1. The van der Waals surface area contributed by atoms with Crippen LogP contribution in [0.5, 0.6) is 0 Å². The molecule has 1 aromatic carbocycles. The van der Waals surface area contributed by atoms with Crippen molar-refractivity contribution in [3.05, 3.63) is 24.3 Å². The number of aromatic nitrogens is 1. The molecule has 2 saturated heterocycles. The van der Waals surface area contributed by atoms with Gasteiger partial charge < -0.3 is 10.0 Å². The number of carbonyl (C=O) groups excluding carboxylic acids is 2. The summed E-state index contributed by atoms with van der Waals surface area (Å²) in [5, 5.41) is 11.0. The number of hydrogen-bond acceptors (Lipinski definition) is 7. The Morgan fingerprint density at radius 1 is 0.892 bits per heavy atom. The van der Waals surface area contributed by atoms with Gasteiger partial charge in [0.05, 0.1) is 16.5 Å². The van der Waals surface area contributed by atoms with Crippen molar-refractivity contribution in [1.82, 2.24) is 14.2 Å². The summed E-state index contributed by atoms with van der Waals surface area (Å²) in [6.45, 7) is 5.89. The van der Waals surface area contributed by atoms with E-state index in [0.29, 0.717) is 24.3 Å². The Bertz CT molecular complexity index is 1180. The van der Waals surface area contributed by atoms with Gasteiger partial charge in [0.2, 0.25) is 11.8 Å². The summed E-state index contributed by atoms with van der Waals surface area (Å²) in [6, 6.07) is 8.50. The number of imide groups is 1. The van der Waals surface area contributed by atoms with Gasteiger partial charge in [0.15, 0.2) is 0 Å². The molecular formula is C29H38N4O3S. The Hall–Kier alpha value is -2.03. The van der Waals surface area contributed by atoms with Crippen LogP contribution in [0, 0.1) is 41.4 Å². The Morgan fingerprint density at radius 3 is 2.41 bits per heavy atom. The van der Waals surface area contributed by atoms with Crippen LogP contribution in [0.25, 0.3) is 10.1 Å². The van der Waals surface area contributed by atoms with Crippen molar-refractivity contribution in [3.8, 4) is 0 Å². The van der Waals surface area contributed by atoms with E-state index >= 15 is 0 Å². The SMILES string of the molecule is O=C1C2C3CC(CO)C(C3)C2C(=O)N1C[C@@H]1CCCC[C@H]1CN1CCN(c2nsc3ccccc23)CC1. The van der Waals surface area contributed by atoms with Crippen LogP contribution in [0.4, 0.5) is 5.82 Å². The topological polar surface area (TPSA) is 77.0 Å². The number of likely N-dealkylation sites (tertiary alicyclic amines) is 1. The third-order valence-electron chi connectivity index (χ3n) is 10.5. The van der Waals surface area contributed by atoms with E-state index in [1.165, 1.54) is 29.3 Å². The van der Waals surface area contributed by atoms with E-state index in [1.54, 1.807) is 16.4 Å². The molecule has 198 valence electrons. The van der Waals surface area contributed by atoms with Crippen LogP contribution < -0.4 is 4.90 Å². The fourth-order valence-electron chi connectivity index (χ4n) is 8.62. The number of nitrogens with zero attached hydrogens (tertiary/aromatic N) is 4. The Morgan fingerprint density at radius 2 is 1.62 bits per heavy atom. The lowest BCUT2D eigenvalue weighted by Crippen LogP contribution is -2.49. The van der Waals surface area contributed by atoms with Crippen molar-refractivity contribution in [2.45, 2.75) is 38.5 Å². The Kier molecular flexibility index (Phi) is 6.25. The first-order valence-corrected chi connectivity index (χ1v) is 15.2. The number of benzene rings is 1. The molecule has 3 saturated carbocycles. The Balaban J connectivity index is 0.985. The number of anilines is 1. The summed E-state index contributed by atoms with van der Waals surface area (Å²) < 4.78 is 6.01. The van der Waals surface area contributed by atoms with Gasteiger partial charge in [0.1, 0.15) is 5.82 Å². The average Bonchev–Trinajstić information content (AvgIpc) is 3.69. The van der Waals surface area contributed by atoms with Crippen LogP contribution in [0.1, 0.15) is 38.5 Å². The molecule has 7 rings (SSSR count). The molecule has 5 aliphatic rings. The number of piperazine rings is 1. The van der Waals surface area contributed by atoms with E-state index in [2.05, 4.69) is 34.1 Å². The lowest BCUT2D eigenvalue weighted by Gasteiger charge is -2.40. The zero-order valence-electron chi connectivity index (χ0n) is 21.5. The third kappa shape index (κ3) is 4.02. The van der Waals surface area contributed by atoms with Gasteiger partial charge in [-0.3, -0.25) is 19.4 Å². The van der Waals surface area contributed by atoms with E-state index in [-0.39, 0.29) is 42.1 Å². The molecule has 0 radical (unpaired) electrons. The van der Waals surface area contributed by atoms with Gasteiger partial charge in [0, 0.05) is 51.3 Å². The number of carbonyl (C=O) groups is 2. The predicted molar refractivity (Wildman–Crippen MR) is 144 cm³/mol. The molecule has 2 aliphatic heterocycles. The standard InChI is InChI=1S/C29H38N4O3S/c34-17-21-13-20-14-23(21)26-25(20)28(35)33(29(26)36)16-19-6-2-1-5-18(19)15-31-9-11-32(12-10-31)27-22-7-3-4-8-24(22)37-30-27/h3-4,7-8,18-21,23,25-26,34H,1-2,5-6,9-17H2/t18-,19-,20?,21?,23?,25?,26?/m0/s1. The average molecular weight is 523 g/mol. The second-order valence-electron chi connectivity index (χ2n) is 12.3. The molecule has 1 aromatic heterocycles. The van der Waals surface area contributed by atoms with Gasteiger partial charge in [0.25, 0.3) is 0 Å². The molecule has 0 spiro atoms. The third-order valence-corrected chi connectivity index (χ3v) is 11.3. The fourth-order valence-corrected chi connectivity index (χ4v) is 9.41. The minimum Gasteiger partial charge on any atom is -0.396 e. The van der Waals surface area contributed by atoms with Gasteiger partial charge in [-0.25, -0.2) is 0 Å². The monoisotopic (exact) mass is 522 g/mol. The van der Waals surface area contributed by atoms with E-state index in [1.807, 2.05) is 0 Å². The highest BCUT2D eigenvalue weighted by molar-refractivity contribution is 7.13. The van der Waals surface area contributed by atoms with Crippen molar-refractivity contribution in [2.75, 3.05) is 50.8 Å². The van der Waals surface area contributed by atoms with Crippen molar-refractivity contribution in [2.24, 2.45) is 41.4 Å². The molecule has 2 bridgehead atoms. The van der Waals surface area contributed by atoms with Crippen molar-refractivity contribution in [1.29, 1.82) is 0 Å². The molecule has 7 nitrogen and oxygen atoms in total. The molecule has 3 heterocycles. The van der Waals surface area contributed by atoms with Crippen molar-refractivity contribution in [3.63, 3.8) is 0 Å². The van der Waals surface area contributed by atoms with Gasteiger partial charge in [-0.15, -0.1) is 0 Å². The number of hydrogen-bond donors (Lipinski definition) is 1. The first-order valence-electron chi connectivity index (χ1n) is 14.4. The van der Waals surface area contributed by atoms with Gasteiger partial charge in [-0.05, 0) is 78.9 Å². The van der Waals surface area contributed by atoms with Crippen LogP contribution in [0.2, 0.25) is 0 Å². The minimum atomic E-state index is -0.152. The zero-order valence-corrected chi connectivity index (χ0v) is 22.3. The maximum absolute atomic E-state index is 13.5. The number of aliphatic hydroxyl groups excluding tert-OH is 1. The van der Waals surface area contributed by atoms with Gasteiger partial charge in [-0.1, -0.05) is 25.0 Å². The summed E-state index contributed by atoms with van der Waals surface area (Å²) in [5.41, 5.74) is 0. The van der Waals surface area contributed by atoms with Crippen LogP contribution in [-0.4, -0.2) is 77.0 Å². The van der Waals surface area contributed by atoms with Gasteiger partial charge >= 0.3 is 0 Å². The molecule has 1 N–H and O–H groups in total. The first kappa shape index (κ1) is 24.0. The van der Waals surface area contributed by atoms with Gasteiger partial charge in [-0.2, -0.15) is 4.37 Å². The predicted octanol–water partition coefficient (Wildman–Crippen LogP) is 3.47. The summed E-state index contributed by atoms with van der Waals surface area (Å²) >= 11 is 1.59. The quantitative estimate of drug-likeness (QED) is 0.586. The Labute approximate surface area is 223 Å². The summed E-state index contributed by atoms with van der Waals surface area (Å²) in [6.07, 6.45) is 6.65. The largest absolute Gasteiger partial charge is 0.396 e. The molecular weight excluding hydrogens is 484 g/mol. The number of rotatable bonds is 6. The maximum atomic E-state index is 13.5. The second kappa shape index (κ2) is 9.62. The fraction of sp³-hybridized carbons (Fsp3) is 0.690. The normalized spacial score (nSPS) is 36.2. The number of aliphatic hydroxyl groups is 1. The van der Waals surface area contributed by atoms with Crippen LogP contribution >= 0.6 is 11.5 Å². The highest BCUT2D eigenvalue weighted by atomic mass is 32.1.